The van der Waals surface area contributed by atoms with Crippen LogP contribution in [0.15, 0.2) is 83.3 Å². The van der Waals surface area contributed by atoms with Crippen LogP contribution in [0.1, 0.15) is 34.2 Å². The minimum atomic E-state index is -0.171. The fourth-order valence-corrected chi connectivity index (χ4v) is 3.83. The Morgan fingerprint density at radius 2 is 1.66 bits per heavy atom. The second-order valence-corrected chi connectivity index (χ2v) is 8.12. The molecule has 1 aromatic heterocycles. The van der Waals surface area contributed by atoms with Crippen molar-refractivity contribution in [1.29, 1.82) is 0 Å². The molecule has 0 saturated heterocycles. The Morgan fingerprint density at radius 3 is 2.40 bits per heavy atom. The predicted molar refractivity (Wildman–Crippen MR) is 136 cm³/mol. The van der Waals surface area contributed by atoms with Crippen molar-refractivity contribution in [3.05, 3.63) is 101 Å². The van der Waals surface area contributed by atoms with Gasteiger partial charge < -0.3 is 19.2 Å². The summed E-state index contributed by atoms with van der Waals surface area (Å²) in [5, 5.41) is 3.73. The molecule has 35 heavy (non-hydrogen) atoms. The fourth-order valence-electron chi connectivity index (χ4n) is 3.83. The van der Waals surface area contributed by atoms with Gasteiger partial charge in [-0.05, 0) is 60.4 Å². The molecule has 1 amide bonds. The first-order valence-corrected chi connectivity index (χ1v) is 11.3. The number of hydrogen-bond donors (Lipinski definition) is 1. The number of amides is 1. The third-order valence-corrected chi connectivity index (χ3v) is 5.74. The van der Waals surface area contributed by atoms with Crippen LogP contribution in [0.2, 0.25) is 0 Å². The lowest BCUT2D eigenvalue weighted by molar-refractivity contribution is -0.116. The van der Waals surface area contributed by atoms with Crippen LogP contribution in [-0.4, -0.2) is 32.5 Å². The molecule has 0 aliphatic rings. The van der Waals surface area contributed by atoms with Crippen LogP contribution in [-0.2, 0) is 11.2 Å². The van der Waals surface area contributed by atoms with E-state index in [9.17, 15) is 9.59 Å². The summed E-state index contributed by atoms with van der Waals surface area (Å²) in [6.45, 7) is 2.37. The maximum atomic E-state index is 12.7. The van der Waals surface area contributed by atoms with E-state index in [1.165, 1.54) is 0 Å². The van der Waals surface area contributed by atoms with Gasteiger partial charge in [-0.1, -0.05) is 42.5 Å². The second-order valence-electron chi connectivity index (χ2n) is 8.12. The summed E-state index contributed by atoms with van der Waals surface area (Å²) < 4.78 is 16.3. The first-order valence-electron chi connectivity index (χ1n) is 11.3. The minimum Gasteiger partial charge on any atom is -0.493 e. The normalized spacial score (nSPS) is 11.3. The highest BCUT2D eigenvalue weighted by Crippen LogP contribution is 2.28. The molecule has 0 unspecified atom stereocenters. The number of rotatable bonds is 9. The third kappa shape index (κ3) is 5.61. The van der Waals surface area contributed by atoms with Crippen molar-refractivity contribution in [2.75, 3.05) is 20.8 Å². The van der Waals surface area contributed by atoms with Gasteiger partial charge in [-0.25, -0.2) is 0 Å². The molecule has 1 N–H and O–H groups in total. The molecule has 6 nitrogen and oxygen atoms in total. The molecular formula is C29H27NO5. The summed E-state index contributed by atoms with van der Waals surface area (Å²) in [7, 11) is 3.19. The van der Waals surface area contributed by atoms with Gasteiger partial charge in [-0.2, -0.15) is 0 Å². The van der Waals surface area contributed by atoms with E-state index < -0.39 is 0 Å². The fraction of sp³-hybridized carbons (Fsp3) is 0.172. The summed E-state index contributed by atoms with van der Waals surface area (Å²) in [5.74, 6) is 1.29. The smallest absolute Gasteiger partial charge is 0.244 e. The molecular weight excluding hydrogens is 442 g/mol. The van der Waals surface area contributed by atoms with E-state index in [-0.39, 0.29) is 17.5 Å². The largest absolute Gasteiger partial charge is 0.493 e. The van der Waals surface area contributed by atoms with Gasteiger partial charge in [0, 0.05) is 23.6 Å². The number of ketones is 1. The lowest BCUT2D eigenvalue weighted by Crippen LogP contribution is -2.23. The van der Waals surface area contributed by atoms with Crippen molar-refractivity contribution in [3.63, 3.8) is 0 Å². The highest BCUT2D eigenvalue weighted by Gasteiger charge is 2.15. The lowest BCUT2D eigenvalue weighted by atomic mass is 10.0. The van der Waals surface area contributed by atoms with Crippen molar-refractivity contribution in [2.24, 2.45) is 0 Å². The highest BCUT2D eigenvalue weighted by molar-refractivity contribution is 6.09. The average Bonchev–Trinajstić information content (AvgIpc) is 3.32. The molecule has 0 saturated carbocycles. The quantitative estimate of drug-likeness (QED) is 0.261. The number of hydrogen-bond acceptors (Lipinski definition) is 5. The Balaban J connectivity index is 1.40. The maximum Gasteiger partial charge on any atom is 0.244 e. The van der Waals surface area contributed by atoms with Gasteiger partial charge in [0.15, 0.2) is 17.3 Å². The standard InChI is InChI=1S/C29H27NO5/c1-19(15-28(31)30-14-13-20-9-11-25(33-2)26(16-20)34-3)22-10-12-24-23(17-22)18-27(35-24)29(32)21-7-5-4-6-8-21/h4-12,15-18H,13-14H2,1-3H3,(H,30,31). The summed E-state index contributed by atoms with van der Waals surface area (Å²) in [6.07, 6.45) is 2.24. The minimum absolute atomic E-state index is 0.163. The van der Waals surface area contributed by atoms with Crippen LogP contribution in [0.3, 0.4) is 0 Å². The Morgan fingerprint density at radius 1 is 0.886 bits per heavy atom. The lowest BCUT2D eigenvalue weighted by Gasteiger charge is -2.10. The highest BCUT2D eigenvalue weighted by atomic mass is 16.5. The number of methoxy groups -OCH3 is 2. The molecule has 0 fully saturated rings. The Kier molecular flexibility index (Phi) is 7.31. The first kappa shape index (κ1) is 23.8. The van der Waals surface area contributed by atoms with Crippen molar-refractivity contribution in [1.82, 2.24) is 5.32 Å². The Bertz CT molecular complexity index is 1380. The van der Waals surface area contributed by atoms with Crippen molar-refractivity contribution < 1.29 is 23.5 Å². The van der Waals surface area contributed by atoms with Crippen LogP contribution in [0, 0.1) is 0 Å². The molecule has 4 rings (SSSR count). The van der Waals surface area contributed by atoms with Gasteiger partial charge in [0.2, 0.25) is 11.7 Å². The van der Waals surface area contributed by atoms with Gasteiger partial charge in [-0.15, -0.1) is 0 Å². The number of carbonyl (C=O) groups is 2. The summed E-state index contributed by atoms with van der Waals surface area (Å²) in [4.78, 5) is 25.1. The van der Waals surface area contributed by atoms with E-state index in [0.717, 1.165) is 22.1 Å². The molecule has 0 aliphatic heterocycles. The van der Waals surface area contributed by atoms with E-state index >= 15 is 0 Å². The Labute approximate surface area is 204 Å². The SMILES string of the molecule is COc1ccc(CCNC(=O)C=C(C)c2ccc3oc(C(=O)c4ccccc4)cc3c2)cc1OC. The number of allylic oxidation sites excluding steroid dienone is 1. The monoisotopic (exact) mass is 469 g/mol. The number of furan rings is 1. The van der Waals surface area contributed by atoms with Gasteiger partial charge in [0.05, 0.1) is 14.2 Å². The van der Waals surface area contributed by atoms with E-state index in [4.69, 9.17) is 13.9 Å². The van der Waals surface area contributed by atoms with Crippen LogP contribution in [0.25, 0.3) is 16.5 Å². The second kappa shape index (κ2) is 10.7. The molecule has 0 bridgehead atoms. The average molecular weight is 470 g/mol. The van der Waals surface area contributed by atoms with Crippen LogP contribution >= 0.6 is 0 Å². The van der Waals surface area contributed by atoms with E-state index in [1.807, 2.05) is 61.5 Å². The number of carbonyl (C=O) groups excluding carboxylic acids is 2. The van der Waals surface area contributed by atoms with E-state index in [0.29, 0.717) is 35.6 Å². The molecule has 4 aromatic rings. The number of benzene rings is 3. The van der Waals surface area contributed by atoms with E-state index in [1.54, 1.807) is 38.5 Å². The summed E-state index contributed by atoms with van der Waals surface area (Å²) in [5.41, 5.74) is 3.93. The van der Waals surface area contributed by atoms with Crippen molar-refractivity contribution >= 4 is 28.2 Å². The summed E-state index contributed by atoms with van der Waals surface area (Å²) >= 11 is 0. The zero-order valence-electron chi connectivity index (χ0n) is 20.0. The van der Waals surface area contributed by atoms with Crippen LogP contribution in [0.5, 0.6) is 11.5 Å². The van der Waals surface area contributed by atoms with E-state index in [2.05, 4.69) is 5.32 Å². The molecule has 6 heteroatoms. The van der Waals surface area contributed by atoms with Gasteiger partial charge in [-0.3, -0.25) is 9.59 Å². The number of fused-ring (bicyclic) bond motifs is 1. The predicted octanol–water partition coefficient (Wildman–Crippen LogP) is 5.44. The van der Waals surface area contributed by atoms with Gasteiger partial charge in [0.25, 0.3) is 0 Å². The first-order chi connectivity index (χ1) is 17.0. The third-order valence-electron chi connectivity index (χ3n) is 5.74. The molecule has 3 aromatic carbocycles. The molecule has 0 spiro atoms. The number of nitrogens with one attached hydrogen (secondary N) is 1. The van der Waals surface area contributed by atoms with Crippen LogP contribution in [0.4, 0.5) is 0 Å². The van der Waals surface area contributed by atoms with Crippen LogP contribution < -0.4 is 14.8 Å². The topological polar surface area (TPSA) is 77.8 Å². The van der Waals surface area contributed by atoms with Gasteiger partial charge >= 0.3 is 0 Å². The van der Waals surface area contributed by atoms with Gasteiger partial charge in [0.1, 0.15) is 5.58 Å². The summed E-state index contributed by atoms with van der Waals surface area (Å²) in [6, 6.07) is 22.1. The molecule has 178 valence electrons. The molecule has 0 atom stereocenters. The molecule has 1 heterocycles. The maximum absolute atomic E-state index is 12.7. The van der Waals surface area contributed by atoms with Crippen molar-refractivity contribution in [3.8, 4) is 11.5 Å². The molecule has 0 radical (unpaired) electrons. The zero-order chi connectivity index (χ0) is 24.8. The number of ether oxygens (including phenoxy) is 2. The zero-order valence-corrected chi connectivity index (χ0v) is 20.0. The van der Waals surface area contributed by atoms with Crippen molar-refractivity contribution in [2.45, 2.75) is 13.3 Å². The molecule has 0 aliphatic carbocycles. The Hall–Kier alpha value is -4.32.